The quantitative estimate of drug-likeness (QED) is 0.749. The van der Waals surface area contributed by atoms with Crippen molar-refractivity contribution in [2.45, 2.75) is 37.5 Å². The molecule has 28 heavy (non-hydrogen) atoms. The number of sulfonamides is 1. The number of nitrogens with zero attached hydrogens (tertiary/aromatic N) is 1. The molecule has 0 saturated heterocycles. The molecule has 1 saturated carbocycles. The Balaban J connectivity index is 1.88. The van der Waals surface area contributed by atoms with Crippen LogP contribution < -0.4 is 10.0 Å². The fraction of sp³-hybridized carbons (Fsp3) is 0.300. The summed E-state index contributed by atoms with van der Waals surface area (Å²) < 4.78 is 28.2. The first-order valence-electron chi connectivity index (χ1n) is 8.88. The lowest BCUT2D eigenvalue weighted by atomic mass is 9.87. The van der Waals surface area contributed by atoms with Gasteiger partial charge in [0.15, 0.2) is 0 Å². The van der Waals surface area contributed by atoms with Crippen molar-refractivity contribution >= 4 is 38.9 Å². The predicted octanol–water partition coefficient (Wildman–Crippen LogP) is 4.47. The summed E-state index contributed by atoms with van der Waals surface area (Å²) in [7, 11) is -3.92. The van der Waals surface area contributed by atoms with E-state index in [9.17, 15) is 18.5 Å². The zero-order valence-corrected chi connectivity index (χ0v) is 16.9. The van der Waals surface area contributed by atoms with Crippen molar-refractivity contribution in [1.29, 1.82) is 5.26 Å². The van der Waals surface area contributed by atoms with E-state index >= 15 is 0 Å². The van der Waals surface area contributed by atoms with Crippen LogP contribution in [0.5, 0.6) is 0 Å². The molecule has 8 heteroatoms. The minimum Gasteiger partial charge on any atom is -0.325 e. The van der Waals surface area contributed by atoms with Gasteiger partial charge in [-0.15, -0.1) is 0 Å². The van der Waals surface area contributed by atoms with Gasteiger partial charge in [0.05, 0.1) is 21.7 Å². The first kappa shape index (κ1) is 20.2. The second kappa shape index (κ2) is 7.82. The van der Waals surface area contributed by atoms with Crippen LogP contribution in [0.15, 0.2) is 47.4 Å². The average molecular weight is 418 g/mol. The number of halogens is 1. The molecule has 2 aromatic rings. The van der Waals surface area contributed by atoms with Crippen molar-refractivity contribution in [3.63, 3.8) is 0 Å². The minimum atomic E-state index is -3.92. The highest BCUT2D eigenvalue weighted by molar-refractivity contribution is 7.92. The number of para-hydroxylation sites is 1. The van der Waals surface area contributed by atoms with Crippen LogP contribution in [0.3, 0.4) is 0 Å². The molecule has 1 aliphatic carbocycles. The number of nitrogens with one attached hydrogen (secondary N) is 2. The second-order valence-electron chi connectivity index (χ2n) is 6.92. The first-order chi connectivity index (χ1) is 13.3. The maximum atomic E-state index is 12.9. The van der Waals surface area contributed by atoms with E-state index in [1.54, 1.807) is 43.3 Å². The molecular weight excluding hydrogens is 398 g/mol. The van der Waals surface area contributed by atoms with Crippen LogP contribution >= 0.6 is 11.6 Å². The van der Waals surface area contributed by atoms with Gasteiger partial charge in [-0.2, -0.15) is 5.26 Å². The molecule has 1 aliphatic rings. The molecule has 1 amide bonds. The van der Waals surface area contributed by atoms with Crippen molar-refractivity contribution in [3.8, 4) is 6.07 Å². The number of aryl methyl sites for hydroxylation is 1. The Hall–Kier alpha value is -2.56. The van der Waals surface area contributed by atoms with Crippen molar-refractivity contribution < 1.29 is 13.2 Å². The molecule has 0 unspecified atom stereocenters. The van der Waals surface area contributed by atoms with E-state index < -0.39 is 21.3 Å². The Bertz CT molecular complexity index is 1050. The summed E-state index contributed by atoms with van der Waals surface area (Å²) in [5.41, 5.74) is 0.0807. The van der Waals surface area contributed by atoms with E-state index in [1.807, 2.05) is 0 Å². The molecule has 0 radical (unpaired) electrons. The molecule has 0 bridgehead atoms. The monoisotopic (exact) mass is 417 g/mol. The summed E-state index contributed by atoms with van der Waals surface area (Å²) in [4.78, 5) is 12.7. The maximum Gasteiger partial charge on any atom is 0.262 e. The van der Waals surface area contributed by atoms with E-state index in [4.69, 9.17) is 11.6 Å². The number of amides is 1. The number of benzene rings is 2. The number of carbonyl (C=O) groups excluding carboxylic acids is 1. The number of anilines is 2. The molecule has 0 spiro atoms. The van der Waals surface area contributed by atoms with E-state index in [0.717, 1.165) is 12.8 Å². The average Bonchev–Trinajstić information content (AvgIpc) is 3.15. The molecule has 2 N–H and O–H groups in total. The topological polar surface area (TPSA) is 99.1 Å². The van der Waals surface area contributed by atoms with Gasteiger partial charge in [0.1, 0.15) is 5.41 Å². The molecule has 1 fully saturated rings. The van der Waals surface area contributed by atoms with Crippen molar-refractivity contribution in [1.82, 2.24) is 0 Å². The van der Waals surface area contributed by atoms with E-state index in [0.29, 0.717) is 24.1 Å². The van der Waals surface area contributed by atoms with Crippen LogP contribution in [0.2, 0.25) is 5.02 Å². The summed E-state index contributed by atoms with van der Waals surface area (Å²) in [6.45, 7) is 1.67. The normalized spacial score (nSPS) is 15.6. The van der Waals surface area contributed by atoms with Gasteiger partial charge in [0, 0.05) is 5.69 Å². The summed E-state index contributed by atoms with van der Waals surface area (Å²) >= 11 is 6.05. The van der Waals surface area contributed by atoms with Crippen LogP contribution in [0.25, 0.3) is 0 Å². The van der Waals surface area contributed by atoms with Crippen LogP contribution in [0.4, 0.5) is 11.4 Å². The Kier molecular flexibility index (Phi) is 5.64. The lowest BCUT2D eigenvalue weighted by Gasteiger charge is -2.20. The number of rotatable bonds is 5. The van der Waals surface area contributed by atoms with Gasteiger partial charge in [-0.25, -0.2) is 8.42 Å². The molecule has 3 rings (SSSR count). The zero-order chi connectivity index (χ0) is 20.4. The first-order valence-corrected chi connectivity index (χ1v) is 10.7. The summed E-state index contributed by atoms with van der Waals surface area (Å²) in [5.74, 6) is -0.390. The second-order valence-corrected chi connectivity index (χ2v) is 8.98. The molecule has 0 aromatic heterocycles. The minimum absolute atomic E-state index is 0.0302. The Morgan fingerprint density at radius 2 is 1.86 bits per heavy atom. The number of carbonyl (C=O) groups is 1. The molecule has 0 atom stereocenters. The van der Waals surface area contributed by atoms with Crippen LogP contribution in [0, 0.1) is 23.7 Å². The molecule has 2 aromatic carbocycles. The van der Waals surface area contributed by atoms with E-state index in [2.05, 4.69) is 16.1 Å². The Morgan fingerprint density at radius 1 is 1.18 bits per heavy atom. The SMILES string of the molecule is Cc1ccc(NC(=O)C2(C#N)CCCC2)cc1S(=O)(=O)Nc1ccccc1Cl. The number of nitriles is 1. The fourth-order valence-electron chi connectivity index (χ4n) is 3.33. The fourth-order valence-corrected chi connectivity index (χ4v) is 4.92. The maximum absolute atomic E-state index is 12.9. The Morgan fingerprint density at radius 3 is 2.50 bits per heavy atom. The van der Waals surface area contributed by atoms with Gasteiger partial charge >= 0.3 is 0 Å². The van der Waals surface area contributed by atoms with Crippen molar-refractivity contribution in [2.24, 2.45) is 5.41 Å². The Labute approximate surface area is 169 Å². The van der Waals surface area contributed by atoms with E-state index in [1.165, 1.54) is 6.07 Å². The standard InChI is InChI=1S/C20H20ClN3O3S/c1-14-8-9-15(23-19(25)20(13-22)10-4-5-11-20)12-18(14)28(26,27)24-17-7-3-2-6-16(17)21/h2-3,6-9,12,24H,4-5,10-11H2,1H3,(H,23,25). The molecule has 146 valence electrons. The largest absolute Gasteiger partial charge is 0.325 e. The lowest BCUT2D eigenvalue weighted by Crippen LogP contribution is -2.32. The van der Waals surface area contributed by atoms with Crippen LogP contribution in [-0.4, -0.2) is 14.3 Å². The summed E-state index contributed by atoms with van der Waals surface area (Å²) in [6.07, 6.45) is 2.69. The van der Waals surface area contributed by atoms with Gasteiger partial charge in [-0.05, 0) is 49.6 Å². The van der Waals surface area contributed by atoms with Crippen molar-refractivity contribution in [2.75, 3.05) is 10.0 Å². The summed E-state index contributed by atoms with van der Waals surface area (Å²) in [6, 6.07) is 13.3. The van der Waals surface area contributed by atoms with Gasteiger partial charge in [0.25, 0.3) is 10.0 Å². The number of hydrogen-bond acceptors (Lipinski definition) is 4. The van der Waals surface area contributed by atoms with Crippen LogP contribution in [-0.2, 0) is 14.8 Å². The third-order valence-electron chi connectivity index (χ3n) is 4.96. The molecule has 6 nitrogen and oxygen atoms in total. The highest BCUT2D eigenvalue weighted by Gasteiger charge is 2.41. The smallest absolute Gasteiger partial charge is 0.262 e. The van der Waals surface area contributed by atoms with Gasteiger partial charge in [-0.3, -0.25) is 9.52 Å². The highest BCUT2D eigenvalue weighted by atomic mass is 35.5. The van der Waals surface area contributed by atoms with E-state index in [-0.39, 0.29) is 15.6 Å². The number of hydrogen-bond donors (Lipinski definition) is 2. The van der Waals surface area contributed by atoms with Gasteiger partial charge in [-0.1, -0.05) is 42.6 Å². The highest BCUT2D eigenvalue weighted by Crippen LogP contribution is 2.38. The predicted molar refractivity (Wildman–Crippen MR) is 109 cm³/mol. The van der Waals surface area contributed by atoms with Crippen LogP contribution in [0.1, 0.15) is 31.2 Å². The van der Waals surface area contributed by atoms with Gasteiger partial charge in [0.2, 0.25) is 5.91 Å². The zero-order valence-electron chi connectivity index (χ0n) is 15.3. The third-order valence-corrected chi connectivity index (χ3v) is 6.80. The third kappa shape index (κ3) is 3.98. The molecule has 0 heterocycles. The summed E-state index contributed by atoms with van der Waals surface area (Å²) in [5, 5.41) is 12.4. The molecule has 0 aliphatic heterocycles. The van der Waals surface area contributed by atoms with Crippen molar-refractivity contribution in [3.05, 3.63) is 53.1 Å². The van der Waals surface area contributed by atoms with Gasteiger partial charge < -0.3 is 5.32 Å². The molecular formula is C20H20ClN3O3S. The lowest BCUT2D eigenvalue weighted by molar-refractivity contribution is -0.122.